The third-order valence-corrected chi connectivity index (χ3v) is 12.3. The van der Waals surface area contributed by atoms with Crippen molar-refractivity contribution in [1.82, 2.24) is 4.90 Å². The van der Waals surface area contributed by atoms with E-state index in [0.29, 0.717) is 44.0 Å². The number of nitrogens with zero attached hydrogens (tertiary/aromatic N) is 1. The fraction of sp³-hybridized carbons (Fsp3) is 0.871. The van der Waals surface area contributed by atoms with Crippen LogP contribution in [0.25, 0.3) is 0 Å². The number of likely N-dealkylation sites (tertiary alicyclic amines) is 1. The molecule has 1 aromatic heterocycles. The normalized spacial score (nSPS) is 45.9. The number of fused-ring (bicyclic) bond motifs is 5. The fourth-order valence-corrected chi connectivity index (χ4v) is 9.89. The average molecular weight is 516 g/mol. The van der Waals surface area contributed by atoms with Gasteiger partial charge in [-0.05, 0) is 113 Å². The van der Waals surface area contributed by atoms with Crippen molar-refractivity contribution >= 4 is 0 Å². The third kappa shape index (κ3) is 4.16. The predicted molar refractivity (Wildman–Crippen MR) is 142 cm³/mol. The lowest BCUT2D eigenvalue weighted by Crippen LogP contribution is -2.64. The van der Waals surface area contributed by atoms with Crippen LogP contribution in [0, 0.1) is 28.6 Å². The molecule has 6 nitrogen and oxygen atoms in total. The van der Waals surface area contributed by atoms with E-state index in [1.165, 1.54) is 32.4 Å². The fourth-order valence-electron chi connectivity index (χ4n) is 9.89. The number of ether oxygens (including phenoxy) is 2. The summed E-state index contributed by atoms with van der Waals surface area (Å²) < 4.78 is 17.6. The lowest BCUT2D eigenvalue weighted by Gasteiger charge is -2.64. The summed E-state index contributed by atoms with van der Waals surface area (Å²) in [5.41, 5.74) is -1.29. The monoisotopic (exact) mass is 515 g/mol. The molecular formula is C31H49NO5. The quantitative estimate of drug-likeness (QED) is 0.468. The van der Waals surface area contributed by atoms with E-state index >= 15 is 0 Å². The molecule has 6 heteroatoms. The van der Waals surface area contributed by atoms with E-state index in [0.717, 1.165) is 57.2 Å². The smallest absolute Gasteiger partial charge is 0.101 e. The zero-order valence-electron chi connectivity index (χ0n) is 23.1. The zero-order valence-corrected chi connectivity index (χ0v) is 23.1. The van der Waals surface area contributed by atoms with Crippen LogP contribution in [0.15, 0.2) is 23.0 Å². The van der Waals surface area contributed by atoms with Crippen molar-refractivity contribution in [3.63, 3.8) is 0 Å². The van der Waals surface area contributed by atoms with Crippen LogP contribution in [0.3, 0.4) is 0 Å². The molecule has 1 aromatic rings. The van der Waals surface area contributed by atoms with Crippen LogP contribution in [0.1, 0.15) is 90.0 Å². The van der Waals surface area contributed by atoms with Gasteiger partial charge in [-0.25, -0.2) is 0 Å². The van der Waals surface area contributed by atoms with Gasteiger partial charge in [0.05, 0.1) is 44.1 Å². The second-order valence-corrected chi connectivity index (χ2v) is 13.6. The summed E-state index contributed by atoms with van der Waals surface area (Å²) in [7, 11) is 0. The number of hydrogen-bond donors (Lipinski definition) is 2. The zero-order chi connectivity index (χ0) is 25.7. The van der Waals surface area contributed by atoms with Gasteiger partial charge < -0.3 is 29.0 Å². The standard InChI is InChI=1S/C31H49NO5/c1-28-10-7-25(37-20-19-35-18-16-32-14-3-4-15-32)21-23(28)5-6-27-26(28)8-11-29(2)30(33,12-13-31(27,29)34)24-9-17-36-22-24/h9,17,22-23,25-27,33-34H,3-8,10-16,18-21H2,1-2H3/t23?,25?,26-,27-,28+,29-,30?,31-/m1/s1. The number of hydrogen-bond acceptors (Lipinski definition) is 6. The Labute approximate surface area is 223 Å². The van der Waals surface area contributed by atoms with Gasteiger partial charge in [0, 0.05) is 17.5 Å². The van der Waals surface area contributed by atoms with Gasteiger partial charge in [0.25, 0.3) is 0 Å². The van der Waals surface area contributed by atoms with E-state index in [-0.39, 0.29) is 11.3 Å². The molecule has 1 saturated heterocycles. The average Bonchev–Trinajstić information content (AvgIpc) is 3.65. The highest BCUT2D eigenvalue weighted by Crippen LogP contribution is 2.71. The minimum absolute atomic E-state index is 0.252. The van der Waals surface area contributed by atoms with Gasteiger partial charge in [0.2, 0.25) is 0 Å². The number of furan rings is 1. The van der Waals surface area contributed by atoms with Crippen molar-refractivity contribution < 1.29 is 24.1 Å². The highest BCUT2D eigenvalue weighted by atomic mass is 16.5. The summed E-state index contributed by atoms with van der Waals surface area (Å²) in [4.78, 5) is 2.49. The molecule has 3 unspecified atom stereocenters. The van der Waals surface area contributed by atoms with Crippen LogP contribution in [0.4, 0.5) is 0 Å². The first-order valence-electron chi connectivity index (χ1n) is 15.2. The summed E-state index contributed by atoms with van der Waals surface area (Å²) in [6, 6.07) is 1.89. The highest BCUT2D eigenvalue weighted by Gasteiger charge is 2.72. The molecule has 208 valence electrons. The summed E-state index contributed by atoms with van der Waals surface area (Å²) in [6.45, 7) is 10.4. The molecule has 2 N–H and O–H groups in total. The number of aliphatic hydroxyl groups is 2. The lowest BCUT2D eigenvalue weighted by atomic mass is 9.43. The summed E-state index contributed by atoms with van der Waals surface area (Å²) in [5, 5.41) is 24.3. The maximum atomic E-state index is 12.4. The molecule has 0 amide bonds. The first-order valence-corrected chi connectivity index (χ1v) is 15.2. The summed E-state index contributed by atoms with van der Waals surface area (Å²) in [5.74, 6) is 1.44. The van der Waals surface area contributed by atoms with E-state index in [1.807, 2.05) is 6.07 Å². The molecule has 4 saturated carbocycles. The van der Waals surface area contributed by atoms with Crippen molar-refractivity contribution in [2.45, 2.75) is 102 Å². The lowest BCUT2D eigenvalue weighted by molar-refractivity contribution is -0.239. The second kappa shape index (κ2) is 9.92. The highest BCUT2D eigenvalue weighted by molar-refractivity contribution is 5.30. The molecule has 4 aliphatic carbocycles. The van der Waals surface area contributed by atoms with E-state index in [9.17, 15) is 10.2 Å². The van der Waals surface area contributed by atoms with E-state index in [2.05, 4.69) is 18.7 Å². The molecule has 8 atom stereocenters. The molecular weight excluding hydrogens is 466 g/mol. The Balaban J connectivity index is 1.05. The van der Waals surface area contributed by atoms with E-state index in [1.54, 1.807) is 12.5 Å². The Bertz CT molecular complexity index is 917. The summed E-state index contributed by atoms with van der Waals surface area (Å²) in [6.07, 6.45) is 15.2. The summed E-state index contributed by atoms with van der Waals surface area (Å²) >= 11 is 0. The van der Waals surface area contributed by atoms with Crippen molar-refractivity contribution in [2.75, 3.05) is 39.5 Å². The molecule has 37 heavy (non-hydrogen) atoms. The van der Waals surface area contributed by atoms with Crippen LogP contribution in [-0.2, 0) is 15.1 Å². The SMILES string of the molecule is C[C@]12CCC(OCCOCCN3CCCC3)CC1CC[C@@H]1[C@H]2CC[C@]2(C)C(O)(c3ccoc3)CC[C@@]12O. The molecule has 5 fully saturated rings. The molecule has 0 bridgehead atoms. The molecule has 1 aliphatic heterocycles. The Hall–Kier alpha value is -0.920. The van der Waals surface area contributed by atoms with E-state index in [4.69, 9.17) is 13.9 Å². The number of rotatable bonds is 8. The minimum Gasteiger partial charge on any atom is -0.472 e. The molecule has 5 aliphatic rings. The van der Waals surface area contributed by atoms with Crippen LogP contribution in [-0.4, -0.2) is 66.3 Å². The van der Waals surface area contributed by atoms with Crippen LogP contribution >= 0.6 is 0 Å². The van der Waals surface area contributed by atoms with Gasteiger partial charge in [-0.1, -0.05) is 13.8 Å². The maximum Gasteiger partial charge on any atom is 0.101 e. The molecule has 0 radical (unpaired) electrons. The first kappa shape index (κ1) is 26.3. The Morgan fingerprint density at radius 3 is 2.57 bits per heavy atom. The van der Waals surface area contributed by atoms with Crippen molar-refractivity contribution in [1.29, 1.82) is 0 Å². The molecule has 0 aromatic carbocycles. The van der Waals surface area contributed by atoms with Crippen LogP contribution in [0.2, 0.25) is 0 Å². The van der Waals surface area contributed by atoms with Crippen LogP contribution < -0.4 is 0 Å². The topological polar surface area (TPSA) is 75.3 Å². The van der Waals surface area contributed by atoms with Crippen molar-refractivity contribution in [3.05, 3.63) is 24.2 Å². The van der Waals surface area contributed by atoms with Gasteiger partial charge >= 0.3 is 0 Å². The second-order valence-electron chi connectivity index (χ2n) is 13.6. The van der Waals surface area contributed by atoms with Crippen molar-refractivity contribution in [2.24, 2.45) is 28.6 Å². The van der Waals surface area contributed by atoms with Crippen LogP contribution in [0.5, 0.6) is 0 Å². The first-order chi connectivity index (χ1) is 17.8. The largest absolute Gasteiger partial charge is 0.472 e. The molecule has 2 heterocycles. The molecule has 0 spiro atoms. The maximum absolute atomic E-state index is 12.4. The third-order valence-electron chi connectivity index (χ3n) is 12.3. The van der Waals surface area contributed by atoms with Gasteiger partial charge in [-0.3, -0.25) is 0 Å². The molecule has 6 rings (SSSR count). The Morgan fingerprint density at radius 1 is 0.946 bits per heavy atom. The van der Waals surface area contributed by atoms with Gasteiger partial charge in [0.1, 0.15) is 5.60 Å². The predicted octanol–water partition coefficient (Wildman–Crippen LogP) is 5.12. The van der Waals surface area contributed by atoms with Gasteiger partial charge in [0.15, 0.2) is 0 Å². The Kier molecular flexibility index (Phi) is 7.06. The van der Waals surface area contributed by atoms with E-state index < -0.39 is 16.6 Å². The Morgan fingerprint density at radius 2 is 1.78 bits per heavy atom. The van der Waals surface area contributed by atoms with Crippen molar-refractivity contribution in [3.8, 4) is 0 Å². The minimum atomic E-state index is -1.01. The van der Waals surface area contributed by atoms with Gasteiger partial charge in [-0.15, -0.1) is 0 Å². The van der Waals surface area contributed by atoms with Gasteiger partial charge in [-0.2, -0.15) is 0 Å².